The molecule has 1 aromatic rings. The zero-order valence-electron chi connectivity index (χ0n) is 11.8. The fourth-order valence-corrected chi connectivity index (χ4v) is 1.65. The van der Waals surface area contributed by atoms with Gasteiger partial charge < -0.3 is 29.4 Å². The maximum atomic E-state index is 5.72. The average molecular weight is 271 g/mol. The molecule has 1 atom stereocenters. The van der Waals surface area contributed by atoms with Crippen molar-refractivity contribution < 1.29 is 23.7 Å². The summed E-state index contributed by atoms with van der Waals surface area (Å²) >= 11 is 0. The highest BCUT2D eigenvalue weighted by Gasteiger charge is 2.16. The molecule has 1 unspecified atom stereocenters. The highest BCUT2D eigenvalue weighted by molar-refractivity contribution is 5.55. The fourth-order valence-electron chi connectivity index (χ4n) is 1.65. The van der Waals surface area contributed by atoms with Crippen LogP contribution in [-0.2, 0) is 4.74 Å². The van der Waals surface area contributed by atoms with E-state index in [0.717, 1.165) is 0 Å². The maximum Gasteiger partial charge on any atom is 0.203 e. The Morgan fingerprint density at radius 2 is 1.58 bits per heavy atom. The van der Waals surface area contributed by atoms with Gasteiger partial charge in [0.25, 0.3) is 0 Å². The van der Waals surface area contributed by atoms with Gasteiger partial charge in [-0.2, -0.15) is 0 Å². The lowest BCUT2D eigenvalue weighted by atomic mass is 10.2. The van der Waals surface area contributed by atoms with Crippen molar-refractivity contribution in [3.63, 3.8) is 0 Å². The Kier molecular flexibility index (Phi) is 6.24. The second kappa shape index (κ2) is 7.70. The molecule has 0 aliphatic carbocycles. The SMILES string of the molecule is COCC(CN)Oc1cc(OC)c(OC)c(OC)c1. The van der Waals surface area contributed by atoms with Gasteiger partial charge in [0.1, 0.15) is 11.9 Å². The maximum absolute atomic E-state index is 5.72. The third-order valence-electron chi connectivity index (χ3n) is 2.56. The van der Waals surface area contributed by atoms with Crippen LogP contribution < -0.4 is 24.7 Å². The monoisotopic (exact) mass is 271 g/mol. The molecular formula is C13H21NO5. The van der Waals surface area contributed by atoms with Crippen LogP contribution in [0, 0.1) is 0 Å². The minimum atomic E-state index is -0.229. The fraction of sp³-hybridized carbons (Fsp3) is 0.538. The Bertz CT molecular complexity index is 372. The van der Waals surface area contributed by atoms with Crippen LogP contribution in [0.3, 0.4) is 0 Å². The summed E-state index contributed by atoms with van der Waals surface area (Å²) < 4.78 is 26.5. The van der Waals surface area contributed by atoms with Crippen LogP contribution >= 0.6 is 0 Å². The van der Waals surface area contributed by atoms with E-state index < -0.39 is 0 Å². The third kappa shape index (κ3) is 3.90. The molecule has 2 N–H and O–H groups in total. The summed E-state index contributed by atoms with van der Waals surface area (Å²) in [7, 11) is 6.25. The van der Waals surface area contributed by atoms with Gasteiger partial charge in [0.2, 0.25) is 5.75 Å². The molecule has 6 nitrogen and oxygen atoms in total. The predicted octanol–water partition coefficient (Wildman–Crippen LogP) is 1.06. The first-order chi connectivity index (χ1) is 9.19. The topological polar surface area (TPSA) is 72.2 Å². The van der Waals surface area contributed by atoms with E-state index in [0.29, 0.717) is 36.1 Å². The zero-order valence-corrected chi connectivity index (χ0v) is 11.8. The molecule has 0 radical (unpaired) electrons. The summed E-state index contributed by atoms with van der Waals surface area (Å²) in [6.45, 7) is 0.762. The largest absolute Gasteiger partial charge is 0.493 e. The molecule has 1 rings (SSSR count). The number of ether oxygens (including phenoxy) is 5. The van der Waals surface area contributed by atoms with Crippen LogP contribution in [0.2, 0.25) is 0 Å². The van der Waals surface area contributed by atoms with Crippen LogP contribution in [0.25, 0.3) is 0 Å². The van der Waals surface area contributed by atoms with Gasteiger partial charge >= 0.3 is 0 Å². The number of hydrogen-bond acceptors (Lipinski definition) is 6. The average Bonchev–Trinajstić information content (AvgIpc) is 2.45. The summed E-state index contributed by atoms with van der Waals surface area (Å²) in [5.41, 5.74) is 5.61. The molecule has 0 heterocycles. The lowest BCUT2D eigenvalue weighted by Gasteiger charge is -2.19. The van der Waals surface area contributed by atoms with E-state index in [1.54, 1.807) is 40.6 Å². The van der Waals surface area contributed by atoms with Gasteiger partial charge in [-0.15, -0.1) is 0 Å². The summed E-state index contributed by atoms with van der Waals surface area (Å²) in [5.74, 6) is 2.17. The van der Waals surface area contributed by atoms with E-state index in [2.05, 4.69) is 0 Å². The Morgan fingerprint density at radius 3 is 1.95 bits per heavy atom. The third-order valence-corrected chi connectivity index (χ3v) is 2.56. The molecule has 0 bridgehead atoms. The molecule has 0 fully saturated rings. The van der Waals surface area contributed by atoms with Gasteiger partial charge in [0, 0.05) is 25.8 Å². The van der Waals surface area contributed by atoms with Crippen LogP contribution in [0.15, 0.2) is 12.1 Å². The molecule has 0 aliphatic heterocycles. The van der Waals surface area contributed by atoms with Crippen LogP contribution in [0.4, 0.5) is 0 Å². The predicted molar refractivity (Wildman–Crippen MR) is 71.4 cm³/mol. The van der Waals surface area contributed by atoms with Crippen LogP contribution in [0.1, 0.15) is 0 Å². The molecule has 6 heteroatoms. The minimum Gasteiger partial charge on any atom is -0.493 e. The Labute approximate surface area is 113 Å². The Morgan fingerprint density at radius 1 is 1.00 bits per heavy atom. The highest BCUT2D eigenvalue weighted by atomic mass is 16.5. The van der Waals surface area contributed by atoms with E-state index >= 15 is 0 Å². The normalized spacial score (nSPS) is 11.8. The van der Waals surface area contributed by atoms with E-state index in [4.69, 9.17) is 29.4 Å². The number of methoxy groups -OCH3 is 4. The summed E-state index contributed by atoms with van der Waals surface area (Å²) in [5, 5.41) is 0. The van der Waals surface area contributed by atoms with Crippen molar-refractivity contribution in [2.24, 2.45) is 5.73 Å². The van der Waals surface area contributed by atoms with E-state index in [1.807, 2.05) is 0 Å². The molecule has 0 aliphatic rings. The number of hydrogen-bond donors (Lipinski definition) is 1. The quantitative estimate of drug-likeness (QED) is 0.762. The molecular weight excluding hydrogens is 250 g/mol. The van der Waals surface area contributed by atoms with Crippen molar-refractivity contribution in [3.8, 4) is 23.0 Å². The van der Waals surface area contributed by atoms with Gasteiger partial charge in [-0.05, 0) is 0 Å². The highest BCUT2D eigenvalue weighted by Crippen LogP contribution is 2.40. The molecule has 0 saturated carbocycles. The molecule has 19 heavy (non-hydrogen) atoms. The number of benzene rings is 1. The van der Waals surface area contributed by atoms with Crippen molar-refractivity contribution in [1.82, 2.24) is 0 Å². The van der Waals surface area contributed by atoms with Gasteiger partial charge in [0.05, 0.1) is 27.9 Å². The zero-order chi connectivity index (χ0) is 14.3. The second-order valence-electron chi connectivity index (χ2n) is 3.79. The molecule has 0 spiro atoms. The lowest BCUT2D eigenvalue weighted by molar-refractivity contribution is 0.0856. The Balaban J connectivity index is 3.01. The molecule has 108 valence electrons. The van der Waals surface area contributed by atoms with E-state index in [1.165, 1.54) is 0 Å². The van der Waals surface area contributed by atoms with E-state index in [9.17, 15) is 0 Å². The summed E-state index contributed by atoms with van der Waals surface area (Å²) in [6.07, 6.45) is -0.229. The van der Waals surface area contributed by atoms with Crippen LogP contribution in [0.5, 0.6) is 23.0 Å². The van der Waals surface area contributed by atoms with Crippen molar-refractivity contribution >= 4 is 0 Å². The minimum absolute atomic E-state index is 0.229. The standard InChI is InChI=1S/C13H21NO5/c1-15-8-10(7-14)19-9-5-11(16-2)13(18-4)12(6-9)17-3/h5-6,10H,7-8,14H2,1-4H3. The van der Waals surface area contributed by atoms with Gasteiger partial charge in [-0.1, -0.05) is 0 Å². The van der Waals surface area contributed by atoms with E-state index in [-0.39, 0.29) is 6.10 Å². The number of rotatable bonds is 8. The van der Waals surface area contributed by atoms with Gasteiger partial charge in [0.15, 0.2) is 11.5 Å². The second-order valence-corrected chi connectivity index (χ2v) is 3.79. The molecule has 1 aromatic carbocycles. The molecule has 0 aromatic heterocycles. The van der Waals surface area contributed by atoms with Gasteiger partial charge in [-0.25, -0.2) is 0 Å². The first kappa shape index (κ1) is 15.4. The first-order valence-electron chi connectivity index (χ1n) is 5.85. The van der Waals surface area contributed by atoms with Crippen molar-refractivity contribution in [3.05, 3.63) is 12.1 Å². The van der Waals surface area contributed by atoms with Crippen molar-refractivity contribution in [2.75, 3.05) is 41.6 Å². The molecule has 0 saturated heterocycles. The van der Waals surface area contributed by atoms with Crippen molar-refractivity contribution in [2.45, 2.75) is 6.10 Å². The van der Waals surface area contributed by atoms with Crippen LogP contribution in [-0.4, -0.2) is 47.7 Å². The first-order valence-corrected chi connectivity index (χ1v) is 5.85. The van der Waals surface area contributed by atoms with Gasteiger partial charge in [-0.3, -0.25) is 0 Å². The summed E-state index contributed by atoms with van der Waals surface area (Å²) in [4.78, 5) is 0. The smallest absolute Gasteiger partial charge is 0.203 e. The summed E-state index contributed by atoms with van der Waals surface area (Å²) in [6, 6.07) is 3.44. The van der Waals surface area contributed by atoms with Crippen molar-refractivity contribution in [1.29, 1.82) is 0 Å². The Hall–Kier alpha value is -1.66. The lowest BCUT2D eigenvalue weighted by Crippen LogP contribution is -2.31. The number of nitrogens with two attached hydrogens (primary N) is 1. The molecule has 0 amide bonds.